The van der Waals surface area contributed by atoms with Crippen LogP contribution in [0.1, 0.15) is 99.3 Å². The van der Waals surface area contributed by atoms with Gasteiger partial charge in [0.05, 0.1) is 132 Å². The van der Waals surface area contributed by atoms with E-state index in [1.54, 1.807) is 0 Å². The van der Waals surface area contributed by atoms with Gasteiger partial charge in [0.2, 0.25) is 0 Å². The maximum atomic E-state index is 6.14. The normalized spacial score (nSPS) is 22.3. The van der Waals surface area contributed by atoms with Crippen LogP contribution in [-0.2, 0) is 102 Å². The second-order valence-electron chi connectivity index (χ2n) is 15.7. The number of benzene rings is 1. The molecule has 0 amide bonds. The zero-order chi connectivity index (χ0) is 42.8. The molecule has 4 heterocycles. The van der Waals surface area contributed by atoms with Crippen LogP contribution < -0.4 is 0 Å². The average molecular weight is 887 g/mol. The molecule has 4 saturated heterocycles. The summed E-state index contributed by atoms with van der Waals surface area (Å²) in [6.07, 6.45) is 12.2. The summed E-state index contributed by atoms with van der Waals surface area (Å²) in [4.78, 5) is 0. The molecule has 62 heavy (non-hydrogen) atoms. The van der Waals surface area contributed by atoms with Crippen LogP contribution in [0.2, 0.25) is 0 Å². The second kappa shape index (κ2) is 34.9. The Kier molecular flexibility index (Phi) is 29.0. The van der Waals surface area contributed by atoms with Gasteiger partial charge in [-0.1, -0.05) is 12.1 Å². The van der Waals surface area contributed by atoms with Crippen LogP contribution >= 0.6 is 0 Å². The van der Waals surface area contributed by atoms with E-state index in [9.17, 15) is 0 Å². The molecule has 0 saturated carbocycles. The van der Waals surface area contributed by atoms with Gasteiger partial charge in [0.25, 0.3) is 0 Å². The zero-order valence-electron chi connectivity index (χ0n) is 37.5. The third-order valence-electron chi connectivity index (χ3n) is 10.7. The largest absolute Gasteiger partial charge is 0.377 e. The van der Waals surface area contributed by atoms with Crippen molar-refractivity contribution in [1.29, 1.82) is 0 Å². The van der Waals surface area contributed by atoms with E-state index in [1.165, 1.54) is 0 Å². The predicted molar refractivity (Wildman–Crippen MR) is 227 cm³/mol. The van der Waals surface area contributed by atoms with Gasteiger partial charge < -0.3 is 75.8 Å². The summed E-state index contributed by atoms with van der Waals surface area (Å²) in [5.41, 5.74) is 4.04. The van der Waals surface area contributed by atoms with Crippen LogP contribution in [0.3, 0.4) is 0 Å². The molecule has 4 aliphatic rings. The monoisotopic (exact) mass is 887 g/mol. The van der Waals surface area contributed by atoms with Crippen molar-refractivity contribution in [3.63, 3.8) is 0 Å². The molecule has 0 bridgehead atoms. The molecule has 0 N–H and O–H groups in total. The smallest absolute Gasteiger partial charge is 0.157 e. The van der Waals surface area contributed by atoms with E-state index in [0.717, 1.165) is 126 Å². The summed E-state index contributed by atoms with van der Waals surface area (Å²) >= 11 is 0. The van der Waals surface area contributed by atoms with Gasteiger partial charge in [-0.05, 0) is 99.3 Å². The summed E-state index contributed by atoms with van der Waals surface area (Å²) in [5, 5.41) is 0. The topological polar surface area (TPSA) is 148 Å². The van der Waals surface area contributed by atoms with E-state index in [1.807, 2.05) is 0 Å². The van der Waals surface area contributed by atoms with Crippen LogP contribution in [0.25, 0.3) is 0 Å². The minimum Gasteiger partial charge on any atom is -0.377 e. The molecule has 1 aromatic carbocycles. The highest BCUT2D eigenvalue weighted by molar-refractivity contribution is 5.38. The van der Waals surface area contributed by atoms with Gasteiger partial charge in [-0.3, -0.25) is 0 Å². The maximum Gasteiger partial charge on any atom is 0.157 e. The number of ether oxygens (including phenoxy) is 16. The molecule has 4 unspecified atom stereocenters. The van der Waals surface area contributed by atoms with Gasteiger partial charge >= 0.3 is 0 Å². The van der Waals surface area contributed by atoms with E-state index in [2.05, 4.69) is 12.1 Å². The van der Waals surface area contributed by atoms with E-state index in [0.29, 0.717) is 132 Å². The van der Waals surface area contributed by atoms with Crippen molar-refractivity contribution in [1.82, 2.24) is 0 Å². The molecule has 0 spiro atoms. The second-order valence-corrected chi connectivity index (χ2v) is 15.7. The SMILES string of the molecule is c1c(COCCOCCOC2CCCCO2)c(COCCOCCOC2CCCCO2)cc(COCCOCCOC2CCCCO2)c1COCCOCCOC1CCCCO1. The Labute approximate surface area is 370 Å². The first-order valence-corrected chi connectivity index (χ1v) is 23.5. The van der Waals surface area contributed by atoms with Gasteiger partial charge in [0, 0.05) is 26.4 Å². The van der Waals surface area contributed by atoms with E-state index in [4.69, 9.17) is 75.8 Å². The standard InChI is InChI=1S/C46H78O16/c1-5-13-55-43(9-1)59-29-25-47-17-21-51-35-39-33-41(37-53-23-19-49-27-31-61-45-11-3-7-15-57-45)42(38-54-24-20-50-28-32-62-46-12-4-8-16-58-46)34-40(39)36-52-22-18-48-26-30-60-44-10-2-6-14-56-44/h33-34,43-46H,1-32,35-38H2. The highest BCUT2D eigenvalue weighted by atomic mass is 16.7. The summed E-state index contributed by atoms with van der Waals surface area (Å²) < 4.78 is 93.4. The Bertz CT molecular complexity index is 1030. The predicted octanol–water partition coefficient (Wildman–Crippen LogP) is 5.99. The van der Waals surface area contributed by atoms with Crippen molar-refractivity contribution in [2.75, 3.05) is 132 Å². The lowest BCUT2D eigenvalue weighted by Gasteiger charge is -2.22. The third-order valence-corrected chi connectivity index (χ3v) is 10.7. The highest BCUT2D eigenvalue weighted by Crippen LogP contribution is 2.22. The van der Waals surface area contributed by atoms with E-state index >= 15 is 0 Å². The van der Waals surface area contributed by atoms with Crippen molar-refractivity contribution in [3.8, 4) is 0 Å². The van der Waals surface area contributed by atoms with Crippen molar-refractivity contribution < 1.29 is 75.8 Å². The first-order valence-electron chi connectivity index (χ1n) is 23.5. The van der Waals surface area contributed by atoms with Gasteiger partial charge in [-0.25, -0.2) is 0 Å². The molecule has 4 fully saturated rings. The summed E-state index contributed by atoms with van der Waals surface area (Å²) in [7, 11) is 0. The molecule has 358 valence electrons. The molecule has 16 heteroatoms. The number of rotatable bonds is 36. The van der Waals surface area contributed by atoms with Gasteiger partial charge in [-0.15, -0.1) is 0 Å². The minimum absolute atomic E-state index is 0.119. The molecular formula is C46H78O16. The molecule has 0 aromatic heterocycles. The highest BCUT2D eigenvalue weighted by Gasteiger charge is 2.17. The Hall–Kier alpha value is -1.42. The lowest BCUT2D eigenvalue weighted by molar-refractivity contribution is -0.169. The quantitative estimate of drug-likeness (QED) is 0.0726. The lowest BCUT2D eigenvalue weighted by atomic mass is 9.99. The van der Waals surface area contributed by atoms with E-state index in [-0.39, 0.29) is 25.2 Å². The minimum atomic E-state index is -0.119. The van der Waals surface area contributed by atoms with Gasteiger partial charge in [0.1, 0.15) is 0 Å². The van der Waals surface area contributed by atoms with Crippen molar-refractivity contribution in [2.24, 2.45) is 0 Å². The van der Waals surface area contributed by atoms with Crippen molar-refractivity contribution >= 4 is 0 Å². The molecule has 1 aromatic rings. The Morgan fingerprint density at radius 2 is 0.516 bits per heavy atom. The molecule has 4 aliphatic heterocycles. The maximum absolute atomic E-state index is 6.14. The molecule has 16 nitrogen and oxygen atoms in total. The molecular weight excluding hydrogens is 808 g/mol. The van der Waals surface area contributed by atoms with Crippen LogP contribution in [-0.4, -0.2) is 157 Å². The summed E-state index contributed by atoms with van der Waals surface area (Å²) in [5.74, 6) is 0. The average Bonchev–Trinajstić information content (AvgIpc) is 3.31. The molecule has 5 rings (SSSR count). The van der Waals surface area contributed by atoms with Crippen LogP contribution in [0, 0.1) is 0 Å². The molecule has 4 atom stereocenters. The van der Waals surface area contributed by atoms with E-state index < -0.39 is 0 Å². The van der Waals surface area contributed by atoms with Gasteiger partial charge in [0.15, 0.2) is 25.2 Å². The van der Waals surface area contributed by atoms with Crippen LogP contribution in [0.4, 0.5) is 0 Å². The fourth-order valence-corrected chi connectivity index (χ4v) is 7.26. The van der Waals surface area contributed by atoms with Crippen LogP contribution in [0.5, 0.6) is 0 Å². The van der Waals surface area contributed by atoms with Gasteiger partial charge in [-0.2, -0.15) is 0 Å². The number of hydrogen-bond donors (Lipinski definition) is 0. The first-order chi connectivity index (χ1) is 30.8. The summed E-state index contributed by atoms with van der Waals surface area (Å²) in [6.45, 7) is 12.1. The Morgan fingerprint density at radius 3 is 0.742 bits per heavy atom. The third kappa shape index (κ3) is 23.7. The molecule has 0 radical (unpaired) electrons. The van der Waals surface area contributed by atoms with Crippen LogP contribution in [0.15, 0.2) is 12.1 Å². The fraction of sp³-hybridized carbons (Fsp3) is 0.870. The number of hydrogen-bond acceptors (Lipinski definition) is 16. The molecule has 0 aliphatic carbocycles. The Morgan fingerprint density at radius 1 is 0.290 bits per heavy atom. The first kappa shape index (κ1) is 51.6. The zero-order valence-corrected chi connectivity index (χ0v) is 37.5. The summed E-state index contributed by atoms with van der Waals surface area (Å²) in [6, 6.07) is 4.27. The van der Waals surface area contributed by atoms with Crippen molar-refractivity contribution in [2.45, 2.75) is 129 Å². The van der Waals surface area contributed by atoms with Crippen molar-refractivity contribution in [3.05, 3.63) is 34.4 Å². The lowest BCUT2D eigenvalue weighted by Crippen LogP contribution is -2.24. The Balaban J connectivity index is 1.08. The fourth-order valence-electron chi connectivity index (χ4n) is 7.26.